The maximum atomic E-state index is 11.9. The second-order valence-corrected chi connectivity index (χ2v) is 6.06. The van der Waals surface area contributed by atoms with Gasteiger partial charge in [0.05, 0.1) is 12.6 Å². The first-order valence-corrected chi connectivity index (χ1v) is 7.44. The van der Waals surface area contributed by atoms with E-state index in [9.17, 15) is 9.59 Å². The Morgan fingerprint density at radius 3 is 2.30 bits per heavy atom. The highest BCUT2D eigenvalue weighted by molar-refractivity contribution is 5.87. The topological polar surface area (TPSA) is 87.5 Å². The standard InChI is InChI=1S/C14H28N4O2/c1-9(2)13(15)14(20)16-8-12(19)17-18-10(3)6-5-7-11(18)4/h9-11,13H,5-8,15H2,1-4H3,(H,16,20)(H,17,19)/t10?,11?,13-/m0/s1. The van der Waals surface area contributed by atoms with Gasteiger partial charge in [-0.15, -0.1) is 0 Å². The van der Waals surface area contributed by atoms with Crippen LogP contribution in [0.2, 0.25) is 0 Å². The average Bonchev–Trinajstić information content (AvgIpc) is 2.39. The van der Waals surface area contributed by atoms with Crippen molar-refractivity contribution in [2.75, 3.05) is 6.54 Å². The number of hydrogen-bond donors (Lipinski definition) is 3. The Kier molecular flexibility index (Phi) is 6.42. The maximum Gasteiger partial charge on any atom is 0.253 e. The summed E-state index contributed by atoms with van der Waals surface area (Å²) in [6, 6.07) is 0.0864. The van der Waals surface area contributed by atoms with Crippen molar-refractivity contribution in [3.8, 4) is 0 Å². The number of rotatable bonds is 5. The Balaban J connectivity index is 2.38. The van der Waals surface area contributed by atoms with Gasteiger partial charge in [-0.1, -0.05) is 20.3 Å². The molecule has 116 valence electrons. The lowest BCUT2D eigenvalue weighted by Crippen LogP contribution is -2.56. The lowest BCUT2D eigenvalue weighted by atomic mass is 10.00. The zero-order valence-corrected chi connectivity index (χ0v) is 13.0. The van der Waals surface area contributed by atoms with Gasteiger partial charge in [0.2, 0.25) is 5.91 Å². The van der Waals surface area contributed by atoms with Crippen LogP contribution in [-0.2, 0) is 9.59 Å². The normalized spacial score (nSPS) is 25.3. The Morgan fingerprint density at radius 1 is 1.25 bits per heavy atom. The Labute approximate surface area is 121 Å². The van der Waals surface area contributed by atoms with E-state index in [1.54, 1.807) is 0 Å². The molecule has 0 aromatic carbocycles. The summed E-state index contributed by atoms with van der Waals surface area (Å²) in [5.41, 5.74) is 8.60. The smallest absolute Gasteiger partial charge is 0.253 e. The first kappa shape index (κ1) is 16.9. The molecule has 2 amide bonds. The van der Waals surface area contributed by atoms with E-state index in [0.717, 1.165) is 12.8 Å². The molecule has 20 heavy (non-hydrogen) atoms. The van der Waals surface area contributed by atoms with Crippen molar-refractivity contribution >= 4 is 11.8 Å². The zero-order valence-electron chi connectivity index (χ0n) is 13.0. The van der Waals surface area contributed by atoms with Gasteiger partial charge >= 0.3 is 0 Å². The predicted molar refractivity (Wildman–Crippen MR) is 78.6 cm³/mol. The predicted octanol–water partition coefficient (Wildman–Crippen LogP) is 0.380. The van der Waals surface area contributed by atoms with E-state index in [2.05, 4.69) is 24.6 Å². The van der Waals surface area contributed by atoms with Gasteiger partial charge < -0.3 is 11.1 Å². The fourth-order valence-corrected chi connectivity index (χ4v) is 2.41. The van der Waals surface area contributed by atoms with Gasteiger partial charge in [-0.25, -0.2) is 5.01 Å². The Morgan fingerprint density at radius 2 is 1.80 bits per heavy atom. The molecular formula is C14H28N4O2. The number of carbonyl (C=O) groups excluding carboxylic acids is 2. The average molecular weight is 284 g/mol. The van der Waals surface area contributed by atoms with Crippen LogP contribution in [0.25, 0.3) is 0 Å². The highest BCUT2D eigenvalue weighted by atomic mass is 16.2. The zero-order chi connectivity index (χ0) is 15.3. The maximum absolute atomic E-state index is 11.9. The molecule has 0 aromatic rings. The lowest BCUT2D eigenvalue weighted by Gasteiger charge is -2.38. The molecular weight excluding hydrogens is 256 g/mol. The molecule has 0 radical (unpaired) electrons. The molecule has 0 aromatic heterocycles. The van der Waals surface area contributed by atoms with E-state index in [1.807, 2.05) is 18.9 Å². The first-order valence-electron chi connectivity index (χ1n) is 7.44. The first-order chi connectivity index (χ1) is 9.32. The van der Waals surface area contributed by atoms with Crippen LogP contribution in [0.4, 0.5) is 0 Å². The highest BCUT2D eigenvalue weighted by Gasteiger charge is 2.26. The fraction of sp³-hybridized carbons (Fsp3) is 0.857. The van der Waals surface area contributed by atoms with Crippen LogP contribution in [0, 0.1) is 5.92 Å². The summed E-state index contributed by atoms with van der Waals surface area (Å²) in [6.07, 6.45) is 3.35. The molecule has 2 unspecified atom stereocenters. The van der Waals surface area contributed by atoms with E-state index in [1.165, 1.54) is 6.42 Å². The quantitative estimate of drug-likeness (QED) is 0.681. The molecule has 1 saturated heterocycles. The molecule has 0 aliphatic carbocycles. The van der Waals surface area contributed by atoms with Crippen molar-refractivity contribution in [3.63, 3.8) is 0 Å². The Hall–Kier alpha value is -1.14. The molecule has 0 bridgehead atoms. The SMILES string of the molecule is CC(C)[C@H](N)C(=O)NCC(=O)NN1C(C)CCCC1C. The van der Waals surface area contributed by atoms with Crippen LogP contribution in [0.5, 0.6) is 0 Å². The minimum Gasteiger partial charge on any atom is -0.346 e. The van der Waals surface area contributed by atoms with Gasteiger partial charge in [0.1, 0.15) is 0 Å². The van der Waals surface area contributed by atoms with E-state index in [4.69, 9.17) is 5.73 Å². The molecule has 0 spiro atoms. The molecule has 1 rings (SSSR count). The third kappa shape index (κ3) is 4.76. The molecule has 1 fully saturated rings. The van der Waals surface area contributed by atoms with Crippen LogP contribution < -0.4 is 16.5 Å². The van der Waals surface area contributed by atoms with Gasteiger partial charge in [-0.05, 0) is 32.6 Å². The molecule has 1 aliphatic heterocycles. The fourth-order valence-electron chi connectivity index (χ4n) is 2.41. The molecule has 3 atom stereocenters. The summed E-state index contributed by atoms with van der Waals surface area (Å²) >= 11 is 0. The number of hydrogen-bond acceptors (Lipinski definition) is 4. The number of carbonyl (C=O) groups is 2. The second kappa shape index (κ2) is 7.59. The van der Waals surface area contributed by atoms with Gasteiger partial charge in [-0.2, -0.15) is 0 Å². The molecule has 6 nitrogen and oxygen atoms in total. The van der Waals surface area contributed by atoms with Crippen molar-refractivity contribution in [2.45, 2.75) is 65.1 Å². The van der Waals surface area contributed by atoms with Gasteiger partial charge in [-0.3, -0.25) is 15.0 Å². The number of nitrogens with one attached hydrogen (secondary N) is 2. The van der Waals surface area contributed by atoms with Crippen LogP contribution in [-0.4, -0.2) is 41.5 Å². The monoisotopic (exact) mass is 284 g/mol. The summed E-state index contributed by atoms with van der Waals surface area (Å²) in [6.45, 7) is 7.92. The van der Waals surface area contributed by atoms with E-state index in [-0.39, 0.29) is 24.3 Å². The van der Waals surface area contributed by atoms with Gasteiger partial charge in [0, 0.05) is 12.1 Å². The van der Waals surface area contributed by atoms with Crippen LogP contribution in [0.3, 0.4) is 0 Å². The third-order valence-electron chi connectivity index (χ3n) is 3.89. The summed E-state index contributed by atoms with van der Waals surface area (Å²) < 4.78 is 0. The Bertz CT molecular complexity index is 336. The molecule has 1 aliphatic rings. The lowest BCUT2D eigenvalue weighted by molar-refractivity contribution is -0.131. The molecule has 4 N–H and O–H groups in total. The number of nitrogens with zero attached hydrogens (tertiary/aromatic N) is 1. The summed E-state index contributed by atoms with van der Waals surface area (Å²) in [7, 11) is 0. The molecule has 1 heterocycles. The summed E-state index contributed by atoms with van der Waals surface area (Å²) in [5.74, 6) is -0.426. The number of piperidine rings is 1. The summed E-state index contributed by atoms with van der Waals surface area (Å²) in [5, 5.41) is 4.57. The van der Waals surface area contributed by atoms with E-state index in [0.29, 0.717) is 12.1 Å². The van der Waals surface area contributed by atoms with Crippen molar-refractivity contribution in [1.29, 1.82) is 0 Å². The van der Waals surface area contributed by atoms with Gasteiger partial charge in [0.15, 0.2) is 0 Å². The number of hydrazine groups is 1. The van der Waals surface area contributed by atoms with E-state index < -0.39 is 6.04 Å². The van der Waals surface area contributed by atoms with E-state index >= 15 is 0 Å². The van der Waals surface area contributed by atoms with Crippen molar-refractivity contribution < 1.29 is 9.59 Å². The molecule has 0 saturated carbocycles. The minimum absolute atomic E-state index is 0.0325. The largest absolute Gasteiger partial charge is 0.346 e. The van der Waals surface area contributed by atoms with Gasteiger partial charge in [0.25, 0.3) is 5.91 Å². The van der Waals surface area contributed by atoms with Crippen molar-refractivity contribution in [1.82, 2.24) is 15.8 Å². The van der Waals surface area contributed by atoms with Crippen LogP contribution in [0.15, 0.2) is 0 Å². The third-order valence-corrected chi connectivity index (χ3v) is 3.89. The van der Waals surface area contributed by atoms with Crippen LogP contribution >= 0.6 is 0 Å². The number of nitrogens with two attached hydrogens (primary N) is 1. The van der Waals surface area contributed by atoms with Crippen molar-refractivity contribution in [2.24, 2.45) is 11.7 Å². The van der Waals surface area contributed by atoms with Crippen molar-refractivity contribution in [3.05, 3.63) is 0 Å². The second-order valence-electron chi connectivity index (χ2n) is 6.06. The summed E-state index contributed by atoms with van der Waals surface area (Å²) in [4.78, 5) is 23.6. The van der Waals surface area contributed by atoms with Crippen LogP contribution in [0.1, 0.15) is 47.0 Å². The minimum atomic E-state index is -0.573. The number of amides is 2. The highest BCUT2D eigenvalue weighted by Crippen LogP contribution is 2.19. The molecule has 6 heteroatoms.